The molecule has 2 aromatic rings. The van der Waals surface area contributed by atoms with Crippen molar-refractivity contribution in [3.63, 3.8) is 0 Å². The lowest BCUT2D eigenvalue weighted by molar-refractivity contribution is 0.102. The predicted octanol–water partition coefficient (Wildman–Crippen LogP) is 4.49. The summed E-state index contributed by atoms with van der Waals surface area (Å²) in [5.74, 6) is -3.04. The Morgan fingerprint density at radius 2 is 1.85 bits per heavy atom. The molecule has 0 aliphatic rings. The summed E-state index contributed by atoms with van der Waals surface area (Å²) >= 11 is 5.78. The maximum Gasteiger partial charge on any atom is 0.258 e. The van der Waals surface area contributed by atoms with E-state index in [0.29, 0.717) is 5.69 Å². The number of amides is 1. The molecule has 0 radical (unpaired) electrons. The summed E-state index contributed by atoms with van der Waals surface area (Å²) in [7, 11) is 0. The van der Waals surface area contributed by atoms with Gasteiger partial charge in [-0.05, 0) is 37.6 Å². The lowest BCUT2D eigenvalue weighted by Gasteiger charge is -2.09. The van der Waals surface area contributed by atoms with E-state index in [1.165, 1.54) is 6.92 Å². The van der Waals surface area contributed by atoms with Crippen LogP contribution in [0.5, 0.6) is 0 Å². The van der Waals surface area contributed by atoms with Gasteiger partial charge in [-0.1, -0.05) is 23.7 Å². The van der Waals surface area contributed by atoms with E-state index in [2.05, 4.69) is 5.32 Å². The minimum atomic E-state index is -1.20. The second-order valence-corrected chi connectivity index (χ2v) is 4.89. The molecule has 2 aromatic carbocycles. The summed E-state index contributed by atoms with van der Waals surface area (Å²) < 4.78 is 27.4. The molecule has 0 bridgehead atoms. The first-order valence-corrected chi connectivity index (χ1v) is 6.30. The van der Waals surface area contributed by atoms with E-state index in [0.717, 1.165) is 11.6 Å². The molecule has 0 aliphatic carbocycles. The Bertz CT molecular complexity index is 686. The van der Waals surface area contributed by atoms with Gasteiger partial charge in [-0.2, -0.15) is 0 Å². The van der Waals surface area contributed by atoms with Crippen molar-refractivity contribution >= 4 is 23.2 Å². The molecule has 0 spiro atoms. The largest absolute Gasteiger partial charge is 0.322 e. The first-order valence-electron chi connectivity index (χ1n) is 5.92. The van der Waals surface area contributed by atoms with Crippen LogP contribution in [0.3, 0.4) is 0 Å². The molecule has 104 valence electrons. The number of carbonyl (C=O) groups is 1. The normalized spacial score (nSPS) is 10.4. The molecule has 2 nitrogen and oxygen atoms in total. The van der Waals surface area contributed by atoms with Gasteiger partial charge in [-0.25, -0.2) is 8.78 Å². The van der Waals surface area contributed by atoms with Gasteiger partial charge in [0.2, 0.25) is 0 Å². The minimum Gasteiger partial charge on any atom is -0.322 e. The average Bonchev–Trinajstić information content (AvgIpc) is 2.40. The third-order valence-electron chi connectivity index (χ3n) is 2.91. The van der Waals surface area contributed by atoms with Gasteiger partial charge in [0.15, 0.2) is 11.6 Å². The summed E-state index contributed by atoms with van der Waals surface area (Å²) in [6.07, 6.45) is 0. The van der Waals surface area contributed by atoms with Crippen molar-refractivity contribution in [2.24, 2.45) is 0 Å². The zero-order valence-corrected chi connectivity index (χ0v) is 11.7. The van der Waals surface area contributed by atoms with Gasteiger partial charge >= 0.3 is 0 Å². The van der Waals surface area contributed by atoms with Crippen molar-refractivity contribution in [1.82, 2.24) is 0 Å². The van der Waals surface area contributed by atoms with E-state index >= 15 is 0 Å². The molecule has 0 atom stereocenters. The second-order valence-electron chi connectivity index (χ2n) is 4.48. The molecule has 0 aliphatic heterocycles. The van der Waals surface area contributed by atoms with Gasteiger partial charge < -0.3 is 5.32 Å². The molecule has 0 aromatic heterocycles. The van der Waals surface area contributed by atoms with Crippen LogP contribution in [0.4, 0.5) is 14.5 Å². The number of carbonyl (C=O) groups excluding carboxylic acids is 1. The standard InChI is InChI=1S/C15H12ClF2NO/c1-8-4-3-5-10(6-8)19-15(20)11-7-12(16)9(2)13(17)14(11)18/h3-7H,1-2H3,(H,19,20). The van der Waals surface area contributed by atoms with Gasteiger partial charge in [0.1, 0.15) is 0 Å². The van der Waals surface area contributed by atoms with Gasteiger partial charge in [-0.15, -0.1) is 0 Å². The van der Waals surface area contributed by atoms with Crippen LogP contribution in [0, 0.1) is 25.5 Å². The number of rotatable bonds is 2. The highest BCUT2D eigenvalue weighted by molar-refractivity contribution is 6.31. The van der Waals surface area contributed by atoms with Crippen molar-refractivity contribution in [1.29, 1.82) is 0 Å². The van der Waals surface area contributed by atoms with Crippen LogP contribution in [-0.2, 0) is 0 Å². The summed E-state index contributed by atoms with van der Waals surface area (Å²) in [6.45, 7) is 3.21. The van der Waals surface area contributed by atoms with Crippen LogP contribution in [-0.4, -0.2) is 5.91 Å². The molecule has 0 unspecified atom stereocenters. The molecule has 0 saturated heterocycles. The molecule has 2 rings (SSSR count). The summed E-state index contributed by atoms with van der Waals surface area (Å²) in [5.41, 5.74) is 1.01. The molecule has 0 saturated carbocycles. The highest BCUT2D eigenvalue weighted by atomic mass is 35.5. The number of anilines is 1. The predicted molar refractivity (Wildman–Crippen MR) is 75.2 cm³/mol. The third kappa shape index (κ3) is 2.80. The van der Waals surface area contributed by atoms with Crippen LogP contribution in [0.25, 0.3) is 0 Å². The Balaban J connectivity index is 2.35. The number of benzene rings is 2. The maximum absolute atomic E-state index is 13.8. The van der Waals surface area contributed by atoms with E-state index in [-0.39, 0.29) is 10.6 Å². The van der Waals surface area contributed by atoms with E-state index < -0.39 is 23.1 Å². The Morgan fingerprint density at radius 3 is 2.50 bits per heavy atom. The van der Waals surface area contributed by atoms with Gasteiger partial charge in [-0.3, -0.25) is 4.79 Å². The topological polar surface area (TPSA) is 29.1 Å². The van der Waals surface area contributed by atoms with E-state index in [9.17, 15) is 13.6 Å². The number of nitrogens with one attached hydrogen (secondary N) is 1. The fourth-order valence-electron chi connectivity index (χ4n) is 1.77. The molecule has 1 amide bonds. The van der Waals surface area contributed by atoms with Crippen molar-refractivity contribution in [3.05, 3.63) is 63.7 Å². The second kappa shape index (κ2) is 5.59. The highest BCUT2D eigenvalue weighted by Crippen LogP contribution is 2.25. The summed E-state index contributed by atoms with van der Waals surface area (Å²) in [5, 5.41) is 2.52. The lowest BCUT2D eigenvalue weighted by Crippen LogP contribution is -2.15. The van der Waals surface area contributed by atoms with E-state index in [1.807, 2.05) is 13.0 Å². The number of aryl methyl sites for hydroxylation is 1. The minimum absolute atomic E-state index is 0.0123. The Morgan fingerprint density at radius 1 is 1.15 bits per heavy atom. The van der Waals surface area contributed by atoms with Crippen LogP contribution in [0.15, 0.2) is 30.3 Å². The molecular weight excluding hydrogens is 284 g/mol. The average molecular weight is 296 g/mol. The smallest absolute Gasteiger partial charge is 0.258 e. The molecule has 1 N–H and O–H groups in total. The van der Waals surface area contributed by atoms with Crippen molar-refractivity contribution < 1.29 is 13.6 Å². The first-order chi connectivity index (χ1) is 9.40. The number of hydrogen-bond donors (Lipinski definition) is 1. The van der Waals surface area contributed by atoms with Crippen LogP contribution >= 0.6 is 11.6 Å². The van der Waals surface area contributed by atoms with Gasteiger partial charge in [0.25, 0.3) is 5.91 Å². The van der Waals surface area contributed by atoms with Gasteiger partial charge in [0.05, 0.1) is 5.56 Å². The Kier molecular flexibility index (Phi) is 4.04. The zero-order chi connectivity index (χ0) is 14.9. The monoisotopic (exact) mass is 295 g/mol. The molecular formula is C15H12ClF2NO. The van der Waals surface area contributed by atoms with Crippen molar-refractivity contribution in [2.75, 3.05) is 5.32 Å². The summed E-state index contributed by atoms with van der Waals surface area (Å²) in [6, 6.07) is 8.13. The van der Waals surface area contributed by atoms with E-state index in [1.54, 1.807) is 18.2 Å². The number of hydrogen-bond acceptors (Lipinski definition) is 1. The lowest BCUT2D eigenvalue weighted by atomic mass is 10.1. The third-order valence-corrected chi connectivity index (χ3v) is 3.30. The quantitative estimate of drug-likeness (QED) is 0.813. The van der Waals surface area contributed by atoms with Crippen LogP contribution < -0.4 is 5.32 Å². The highest BCUT2D eigenvalue weighted by Gasteiger charge is 2.20. The molecule has 0 heterocycles. The fraction of sp³-hybridized carbons (Fsp3) is 0.133. The van der Waals surface area contributed by atoms with Crippen LogP contribution in [0.2, 0.25) is 5.02 Å². The molecule has 0 fully saturated rings. The maximum atomic E-state index is 13.8. The number of halogens is 3. The van der Waals surface area contributed by atoms with Crippen molar-refractivity contribution in [2.45, 2.75) is 13.8 Å². The fourth-order valence-corrected chi connectivity index (χ4v) is 1.96. The molecule has 20 heavy (non-hydrogen) atoms. The zero-order valence-electron chi connectivity index (χ0n) is 10.9. The first kappa shape index (κ1) is 14.5. The SMILES string of the molecule is Cc1cccc(NC(=O)c2cc(Cl)c(C)c(F)c2F)c1. The van der Waals surface area contributed by atoms with E-state index in [4.69, 9.17) is 11.6 Å². The van der Waals surface area contributed by atoms with Crippen LogP contribution in [0.1, 0.15) is 21.5 Å². The van der Waals surface area contributed by atoms with Crippen molar-refractivity contribution in [3.8, 4) is 0 Å². The Labute approximate surface area is 120 Å². The Hall–Kier alpha value is -1.94. The summed E-state index contributed by atoms with van der Waals surface area (Å²) in [4.78, 5) is 12.0. The van der Waals surface area contributed by atoms with Gasteiger partial charge in [0, 0.05) is 16.3 Å². The molecule has 5 heteroatoms.